The monoisotopic (exact) mass is 295 g/mol. The van der Waals surface area contributed by atoms with Gasteiger partial charge in [0.2, 0.25) is 0 Å². The summed E-state index contributed by atoms with van der Waals surface area (Å²) in [4.78, 5) is 12.0. The molecule has 0 saturated carbocycles. The SMILES string of the molecule is COC(=O)c1cc(-c2ccc(-c3ccccc3)cc2)ns1. The van der Waals surface area contributed by atoms with Crippen molar-refractivity contribution in [2.75, 3.05) is 7.11 Å². The molecule has 0 saturated heterocycles. The van der Waals surface area contributed by atoms with Crippen molar-refractivity contribution < 1.29 is 9.53 Å². The number of hydrogen-bond acceptors (Lipinski definition) is 4. The van der Waals surface area contributed by atoms with Crippen molar-refractivity contribution in [3.8, 4) is 22.4 Å². The van der Waals surface area contributed by atoms with Crippen LogP contribution in [0.4, 0.5) is 0 Å². The first kappa shape index (κ1) is 13.5. The van der Waals surface area contributed by atoms with Crippen LogP contribution in [0, 0.1) is 0 Å². The Morgan fingerprint density at radius 3 is 2.24 bits per heavy atom. The van der Waals surface area contributed by atoms with Crippen LogP contribution in [0.15, 0.2) is 60.7 Å². The molecule has 4 heteroatoms. The molecule has 0 aliphatic carbocycles. The summed E-state index contributed by atoms with van der Waals surface area (Å²) in [6, 6.07) is 20.1. The molecule has 104 valence electrons. The average Bonchev–Trinajstić information content (AvgIpc) is 3.05. The van der Waals surface area contributed by atoms with Crippen molar-refractivity contribution in [1.29, 1.82) is 0 Å². The molecule has 1 heterocycles. The lowest BCUT2D eigenvalue weighted by Gasteiger charge is -2.02. The molecule has 0 N–H and O–H groups in total. The number of carbonyl (C=O) groups excluding carboxylic acids is 1. The summed E-state index contributed by atoms with van der Waals surface area (Å²) in [7, 11) is 1.37. The number of carbonyl (C=O) groups is 1. The molecule has 3 rings (SSSR count). The van der Waals surface area contributed by atoms with Gasteiger partial charge in [-0.05, 0) is 28.7 Å². The molecule has 0 spiro atoms. The molecule has 0 atom stereocenters. The first-order valence-electron chi connectivity index (χ1n) is 6.49. The highest BCUT2D eigenvalue weighted by Crippen LogP contribution is 2.26. The lowest BCUT2D eigenvalue weighted by Crippen LogP contribution is -1.96. The van der Waals surface area contributed by atoms with Gasteiger partial charge >= 0.3 is 5.97 Å². The van der Waals surface area contributed by atoms with Crippen molar-refractivity contribution >= 4 is 17.5 Å². The average molecular weight is 295 g/mol. The second-order valence-electron chi connectivity index (χ2n) is 4.51. The largest absolute Gasteiger partial charge is 0.465 e. The fourth-order valence-corrected chi connectivity index (χ4v) is 2.75. The van der Waals surface area contributed by atoms with E-state index in [9.17, 15) is 4.79 Å². The number of benzene rings is 2. The van der Waals surface area contributed by atoms with E-state index >= 15 is 0 Å². The number of hydrogen-bond donors (Lipinski definition) is 0. The van der Waals surface area contributed by atoms with Crippen molar-refractivity contribution in [1.82, 2.24) is 4.37 Å². The summed E-state index contributed by atoms with van der Waals surface area (Å²) in [5, 5.41) is 0. The predicted octanol–water partition coefficient (Wildman–Crippen LogP) is 4.26. The van der Waals surface area contributed by atoms with E-state index in [1.807, 2.05) is 30.3 Å². The van der Waals surface area contributed by atoms with Crippen LogP contribution >= 0.6 is 11.5 Å². The van der Waals surface area contributed by atoms with Crippen molar-refractivity contribution in [3.05, 3.63) is 65.5 Å². The Balaban J connectivity index is 1.87. The minimum absolute atomic E-state index is 0.348. The van der Waals surface area contributed by atoms with Gasteiger partial charge in [0.05, 0.1) is 12.8 Å². The summed E-state index contributed by atoms with van der Waals surface area (Å²) in [6.07, 6.45) is 0. The highest BCUT2D eigenvalue weighted by atomic mass is 32.1. The minimum atomic E-state index is -0.348. The summed E-state index contributed by atoms with van der Waals surface area (Å²) in [5.41, 5.74) is 4.11. The zero-order valence-corrected chi connectivity index (χ0v) is 12.3. The molecule has 2 aromatic carbocycles. The molecule has 21 heavy (non-hydrogen) atoms. The van der Waals surface area contributed by atoms with Gasteiger partial charge in [-0.15, -0.1) is 0 Å². The standard InChI is InChI=1S/C17H13NO2S/c1-20-17(19)16-11-15(18-21-16)14-9-7-13(8-10-14)12-5-3-2-4-6-12/h2-11H,1H3. The van der Waals surface area contributed by atoms with Gasteiger partial charge in [0, 0.05) is 5.56 Å². The summed E-state index contributed by atoms with van der Waals surface area (Å²) in [6.45, 7) is 0. The van der Waals surface area contributed by atoms with E-state index in [1.54, 1.807) is 6.07 Å². The Bertz CT molecular complexity index is 748. The van der Waals surface area contributed by atoms with Crippen molar-refractivity contribution in [2.24, 2.45) is 0 Å². The number of esters is 1. The van der Waals surface area contributed by atoms with Crippen LogP contribution in [0.5, 0.6) is 0 Å². The third-order valence-corrected chi connectivity index (χ3v) is 3.95. The zero-order chi connectivity index (χ0) is 14.7. The minimum Gasteiger partial charge on any atom is -0.465 e. The van der Waals surface area contributed by atoms with Crippen LogP contribution in [0.2, 0.25) is 0 Å². The van der Waals surface area contributed by atoms with Crippen LogP contribution in [0.3, 0.4) is 0 Å². The molecule has 3 nitrogen and oxygen atoms in total. The lowest BCUT2D eigenvalue weighted by molar-refractivity contribution is 0.0606. The van der Waals surface area contributed by atoms with Gasteiger partial charge < -0.3 is 4.74 Å². The fourth-order valence-electron chi connectivity index (χ4n) is 2.07. The first-order chi connectivity index (χ1) is 10.3. The third kappa shape index (κ3) is 2.85. The fraction of sp³-hybridized carbons (Fsp3) is 0.0588. The Hall–Kier alpha value is -2.46. The second kappa shape index (κ2) is 5.89. The number of rotatable bonds is 3. The van der Waals surface area contributed by atoms with E-state index in [4.69, 9.17) is 4.74 Å². The molecule has 1 aromatic heterocycles. The quantitative estimate of drug-likeness (QED) is 0.678. The van der Waals surface area contributed by atoms with Gasteiger partial charge in [-0.3, -0.25) is 0 Å². The van der Waals surface area contributed by atoms with Gasteiger partial charge in [0.25, 0.3) is 0 Å². The van der Waals surface area contributed by atoms with Crippen LogP contribution in [-0.4, -0.2) is 17.5 Å². The number of methoxy groups -OCH3 is 1. The molecule has 0 unspecified atom stereocenters. The zero-order valence-electron chi connectivity index (χ0n) is 11.4. The maximum Gasteiger partial charge on any atom is 0.349 e. The Labute approximate surface area is 127 Å². The first-order valence-corrected chi connectivity index (χ1v) is 7.26. The van der Waals surface area contributed by atoms with Gasteiger partial charge in [-0.25, -0.2) is 4.79 Å². The molecule has 0 fully saturated rings. The second-order valence-corrected chi connectivity index (χ2v) is 5.32. The normalized spacial score (nSPS) is 10.3. The van der Waals surface area contributed by atoms with E-state index in [-0.39, 0.29) is 5.97 Å². The van der Waals surface area contributed by atoms with Gasteiger partial charge in [0.15, 0.2) is 0 Å². The molecule has 0 radical (unpaired) electrons. The van der Waals surface area contributed by atoms with E-state index in [0.717, 1.165) is 28.4 Å². The third-order valence-electron chi connectivity index (χ3n) is 3.18. The van der Waals surface area contributed by atoms with Crippen molar-refractivity contribution in [3.63, 3.8) is 0 Å². The molecule has 0 amide bonds. The maximum atomic E-state index is 11.4. The van der Waals surface area contributed by atoms with E-state index in [2.05, 4.69) is 28.6 Å². The highest BCUT2D eigenvalue weighted by molar-refractivity contribution is 7.08. The Morgan fingerprint density at radius 1 is 0.952 bits per heavy atom. The van der Waals surface area contributed by atoms with Crippen molar-refractivity contribution in [2.45, 2.75) is 0 Å². The molecule has 0 bridgehead atoms. The molecule has 0 aliphatic rings. The van der Waals surface area contributed by atoms with E-state index in [1.165, 1.54) is 12.7 Å². The molecule has 3 aromatic rings. The number of aromatic nitrogens is 1. The van der Waals surface area contributed by atoms with E-state index < -0.39 is 0 Å². The Kier molecular flexibility index (Phi) is 3.79. The Morgan fingerprint density at radius 2 is 1.57 bits per heavy atom. The van der Waals surface area contributed by atoms with Gasteiger partial charge in [-0.1, -0.05) is 54.6 Å². The van der Waals surface area contributed by atoms with Gasteiger partial charge in [-0.2, -0.15) is 4.37 Å². The summed E-state index contributed by atoms with van der Waals surface area (Å²) in [5.74, 6) is -0.348. The number of ether oxygens (including phenoxy) is 1. The van der Waals surface area contributed by atoms with Crippen LogP contribution < -0.4 is 0 Å². The smallest absolute Gasteiger partial charge is 0.349 e. The number of nitrogens with zero attached hydrogens (tertiary/aromatic N) is 1. The predicted molar refractivity (Wildman–Crippen MR) is 84.3 cm³/mol. The summed E-state index contributed by atoms with van der Waals surface area (Å²) < 4.78 is 8.99. The lowest BCUT2D eigenvalue weighted by atomic mass is 10.0. The molecule has 0 aliphatic heterocycles. The topological polar surface area (TPSA) is 39.2 Å². The highest BCUT2D eigenvalue weighted by Gasteiger charge is 2.11. The molecular weight excluding hydrogens is 282 g/mol. The van der Waals surface area contributed by atoms with Crippen LogP contribution in [0.25, 0.3) is 22.4 Å². The van der Waals surface area contributed by atoms with E-state index in [0.29, 0.717) is 4.88 Å². The summed E-state index contributed by atoms with van der Waals surface area (Å²) >= 11 is 1.15. The molecular formula is C17H13NO2S. The van der Waals surface area contributed by atoms with Crippen LogP contribution in [-0.2, 0) is 4.74 Å². The van der Waals surface area contributed by atoms with Crippen LogP contribution in [0.1, 0.15) is 9.67 Å². The maximum absolute atomic E-state index is 11.4. The van der Waals surface area contributed by atoms with Gasteiger partial charge in [0.1, 0.15) is 4.88 Å².